The van der Waals surface area contributed by atoms with Gasteiger partial charge < -0.3 is 9.73 Å². The first-order valence-electron chi connectivity index (χ1n) is 7.43. The summed E-state index contributed by atoms with van der Waals surface area (Å²) in [5.74, 6) is 1.49. The van der Waals surface area contributed by atoms with Crippen LogP contribution in [0.2, 0.25) is 0 Å². The second-order valence-electron chi connectivity index (χ2n) is 6.20. The van der Waals surface area contributed by atoms with E-state index in [1.54, 1.807) is 17.5 Å². The molecular weight excluding hydrogens is 306 g/mol. The number of hydrogen-bond acceptors (Lipinski definition) is 5. The molecular formula is C18H19N3OS. The van der Waals surface area contributed by atoms with Gasteiger partial charge in [0.15, 0.2) is 5.13 Å². The lowest BCUT2D eigenvalue weighted by molar-refractivity contribution is 0.403. The number of benzene rings is 1. The molecule has 0 aliphatic heterocycles. The zero-order valence-corrected chi connectivity index (χ0v) is 14.2. The van der Waals surface area contributed by atoms with Gasteiger partial charge in [-0.25, -0.2) is 9.97 Å². The normalized spacial score (nSPS) is 12.0. The molecule has 1 aromatic carbocycles. The fourth-order valence-electron chi connectivity index (χ4n) is 1.93. The summed E-state index contributed by atoms with van der Waals surface area (Å²) in [5.41, 5.74) is 0.996. The van der Waals surface area contributed by atoms with Crippen molar-refractivity contribution in [2.45, 2.75) is 26.2 Å². The monoisotopic (exact) mass is 325 g/mol. The number of anilines is 2. The molecule has 3 aromatic rings. The molecule has 23 heavy (non-hydrogen) atoms. The number of nitrogens with zero attached hydrogens (tertiary/aromatic N) is 2. The van der Waals surface area contributed by atoms with Crippen molar-refractivity contribution in [3.63, 3.8) is 0 Å². The minimum Gasteiger partial charge on any atom is -0.441 e. The average Bonchev–Trinajstić information content (AvgIpc) is 3.15. The van der Waals surface area contributed by atoms with Crippen LogP contribution in [0.1, 0.15) is 37.3 Å². The van der Waals surface area contributed by atoms with Gasteiger partial charge in [-0.05, 0) is 18.2 Å². The lowest BCUT2D eigenvalue weighted by Gasteiger charge is -2.12. The minimum atomic E-state index is -0.0314. The molecule has 0 aliphatic rings. The Balaban J connectivity index is 1.68. The highest BCUT2D eigenvalue weighted by molar-refractivity contribution is 7.16. The summed E-state index contributed by atoms with van der Waals surface area (Å²) in [4.78, 5) is 9.70. The molecule has 0 radical (unpaired) electrons. The highest BCUT2D eigenvalue weighted by Crippen LogP contribution is 2.25. The van der Waals surface area contributed by atoms with Gasteiger partial charge in [0.2, 0.25) is 5.89 Å². The fourth-order valence-corrected chi connectivity index (χ4v) is 2.67. The van der Waals surface area contributed by atoms with Crippen LogP contribution in [-0.4, -0.2) is 9.97 Å². The van der Waals surface area contributed by atoms with Crippen LogP contribution in [0.25, 0.3) is 12.2 Å². The fraction of sp³-hybridized carbons (Fsp3) is 0.222. The Labute approximate surface area is 139 Å². The summed E-state index contributed by atoms with van der Waals surface area (Å²) in [6.45, 7) is 6.31. The van der Waals surface area contributed by atoms with E-state index in [1.165, 1.54) is 0 Å². The molecule has 118 valence electrons. The van der Waals surface area contributed by atoms with Crippen LogP contribution in [0.15, 0.2) is 47.1 Å². The summed E-state index contributed by atoms with van der Waals surface area (Å²) >= 11 is 1.58. The van der Waals surface area contributed by atoms with E-state index in [0.29, 0.717) is 5.89 Å². The Hall–Kier alpha value is -2.40. The Bertz CT molecular complexity index is 797. The molecule has 0 saturated carbocycles. The first kappa shape index (κ1) is 15.5. The van der Waals surface area contributed by atoms with Gasteiger partial charge >= 0.3 is 0 Å². The largest absolute Gasteiger partial charge is 0.441 e. The molecule has 5 heteroatoms. The van der Waals surface area contributed by atoms with Crippen LogP contribution in [0.5, 0.6) is 0 Å². The van der Waals surface area contributed by atoms with E-state index in [9.17, 15) is 0 Å². The molecule has 0 unspecified atom stereocenters. The Morgan fingerprint density at radius 2 is 1.83 bits per heavy atom. The second kappa shape index (κ2) is 6.38. The highest BCUT2D eigenvalue weighted by atomic mass is 32.1. The lowest BCUT2D eigenvalue weighted by atomic mass is 9.94. The van der Waals surface area contributed by atoms with Gasteiger partial charge in [0.25, 0.3) is 0 Å². The molecule has 0 saturated heterocycles. The van der Waals surface area contributed by atoms with Crippen molar-refractivity contribution in [3.8, 4) is 0 Å². The van der Waals surface area contributed by atoms with Crippen LogP contribution in [0.3, 0.4) is 0 Å². The Morgan fingerprint density at radius 1 is 1.04 bits per heavy atom. The number of aromatic nitrogens is 2. The number of oxazole rings is 1. The molecule has 1 N–H and O–H groups in total. The van der Waals surface area contributed by atoms with Crippen LogP contribution in [-0.2, 0) is 5.41 Å². The third kappa shape index (κ3) is 4.07. The van der Waals surface area contributed by atoms with Crippen LogP contribution >= 0.6 is 11.3 Å². The van der Waals surface area contributed by atoms with Crippen molar-refractivity contribution < 1.29 is 4.42 Å². The van der Waals surface area contributed by atoms with Crippen LogP contribution in [0.4, 0.5) is 10.8 Å². The van der Waals surface area contributed by atoms with Gasteiger partial charge in [-0.3, -0.25) is 0 Å². The summed E-state index contributed by atoms with van der Waals surface area (Å²) in [7, 11) is 0. The van der Waals surface area contributed by atoms with Gasteiger partial charge in [-0.15, -0.1) is 0 Å². The van der Waals surface area contributed by atoms with Crippen LogP contribution < -0.4 is 5.32 Å². The van der Waals surface area contributed by atoms with Crippen molar-refractivity contribution >= 4 is 34.3 Å². The highest BCUT2D eigenvalue weighted by Gasteiger charge is 2.18. The zero-order valence-electron chi connectivity index (χ0n) is 13.4. The Morgan fingerprint density at radius 3 is 2.52 bits per heavy atom. The van der Waals surface area contributed by atoms with Crippen molar-refractivity contribution in [2.24, 2.45) is 0 Å². The zero-order chi connectivity index (χ0) is 16.3. The van der Waals surface area contributed by atoms with E-state index in [0.717, 1.165) is 21.5 Å². The van der Waals surface area contributed by atoms with E-state index in [4.69, 9.17) is 4.42 Å². The molecule has 0 bridgehead atoms. The third-order valence-corrected chi connectivity index (χ3v) is 4.08. The summed E-state index contributed by atoms with van der Waals surface area (Å²) in [6.07, 6.45) is 7.45. The maximum atomic E-state index is 5.74. The van der Waals surface area contributed by atoms with Gasteiger partial charge in [0.1, 0.15) is 5.76 Å². The summed E-state index contributed by atoms with van der Waals surface area (Å²) in [5, 5.41) is 4.14. The molecule has 4 nitrogen and oxygen atoms in total. The van der Waals surface area contributed by atoms with Crippen molar-refractivity contribution in [2.75, 3.05) is 5.32 Å². The first-order valence-corrected chi connectivity index (χ1v) is 8.25. The maximum absolute atomic E-state index is 5.74. The smallest absolute Gasteiger partial charge is 0.218 e. The minimum absolute atomic E-state index is 0.0314. The van der Waals surface area contributed by atoms with E-state index < -0.39 is 0 Å². The van der Waals surface area contributed by atoms with E-state index in [2.05, 4.69) is 36.1 Å². The van der Waals surface area contributed by atoms with E-state index in [-0.39, 0.29) is 5.41 Å². The summed E-state index contributed by atoms with van der Waals surface area (Å²) < 4.78 is 5.74. The predicted molar refractivity (Wildman–Crippen MR) is 96.0 cm³/mol. The van der Waals surface area contributed by atoms with E-state index >= 15 is 0 Å². The molecule has 3 rings (SSSR count). The number of rotatable bonds is 4. The van der Waals surface area contributed by atoms with Gasteiger partial charge in [-0.1, -0.05) is 50.3 Å². The number of para-hydroxylation sites is 1. The molecule has 0 spiro atoms. The molecule has 0 atom stereocenters. The Kier molecular flexibility index (Phi) is 4.30. The van der Waals surface area contributed by atoms with Gasteiger partial charge in [0.05, 0.1) is 6.20 Å². The predicted octanol–water partition coefficient (Wildman–Crippen LogP) is 5.34. The van der Waals surface area contributed by atoms with Gasteiger partial charge in [-0.2, -0.15) is 0 Å². The van der Waals surface area contributed by atoms with Crippen molar-refractivity contribution in [1.82, 2.24) is 9.97 Å². The van der Waals surface area contributed by atoms with E-state index in [1.807, 2.05) is 48.7 Å². The molecule has 0 amide bonds. The summed E-state index contributed by atoms with van der Waals surface area (Å²) in [6, 6.07) is 10.00. The quantitative estimate of drug-likeness (QED) is 0.703. The topological polar surface area (TPSA) is 51.0 Å². The number of nitrogens with one attached hydrogen (secondary N) is 1. The first-order chi connectivity index (χ1) is 11.0. The standard InChI is InChI=1S/C18H19N3OS/c1-18(2,3)15-12-19-16(22-15)10-9-14-11-20-17(23-14)21-13-7-5-4-6-8-13/h4-12H,1-3H3,(H,20,21)/b10-9+. The van der Waals surface area contributed by atoms with Crippen molar-refractivity contribution in [3.05, 3.63) is 59.3 Å². The molecule has 2 heterocycles. The lowest BCUT2D eigenvalue weighted by Crippen LogP contribution is -2.09. The average molecular weight is 325 g/mol. The SMILES string of the molecule is CC(C)(C)c1cnc(/C=C/c2cnc(Nc3ccccc3)s2)o1. The number of thiazole rings is 1. The van der Waals surface area contributed by atoms with Crippen LogP contribution in [0, 0.1) is 0 Å². The second-order valence-corrected chi connectivity index (χ2v) is 7.27. The van der Waals surface area contributed by atoms with Crippen molar-refractivity contribution in [1.29, 1.82) is 0 Å². The maximum Gasteiger partial charge on any atom is 0.218 e. The third-order valence-electron chi connectivity index (χ3n) is 3.20. The molecule has 0 fully saturated rings. The molecule has 0 aliphatic carbocycles. The van der Waals surface area contributed by atoms with Gasteiger partial charge in [0, 0.05) is 28.3 Å². The molecule has 2 aromatic heterocycles. The number of hydrogen-bond donors (Lipinski definition) is 1.